The molecule has 0 unspecified atom stereocenters. The maximum atomic E-state index is 5.51. The van der Waals surface area contributed by atoms with Crippen molar-refractivity contribution in [1.82, 2.24) is 15.5 Å². The normalized spacial score (nSPS) is 12.0. The number of likely N-dealkylation sites (N-methyl/N-ethyl adjacent to an activating group) is 1. The van der Waals surface area contributed by atoms with Crippen LogP contribution in [0.3, 0.4) is 0 Å². The lowest BCUT2D eigenvalue weighted by Crippen LogP contribution is -2.40. The van der Waals surface area contributed by atoms with Gasteiger partial charge in [0.2, 0.25) is 0 Å². The molecule has 2 N–H and O–H groups in total. The SMILES string of the molecule is CCCCOCCOCCNC(=NC)NCCCN(C)CCOC. The van der Waals surface area contributed by atoms with E-state index in [9.17, 15) is 0 Å². The van der Waals surface area contributed by atoms with Gasteiger partial charge in [-0.05, 0) is 26.4 Å². The van der Waals surface area contributed by atoms with Crippen molar-refractivity contribution >= 4 is 5.96 Å². The van der Waals surface area contributed by atoms with Crippen LogP contribution in [-0.4, -0.2) is 91.3 Å². The van der Waals surface area contributed by atoms with Gasteiger partial charge in [0.1, 0.15) is 0 Å². The molecule has 0 atom stereocenters. The highest BCUT2D eigenvalue weighted by Crippen LogP contribution is 1.88. The van der Waals surface area contributed by atoms with Crippen LogP contribution in [0.4, 0.5) is 0 Å². The Kier molecular flexibility index (Phi) is 17.8. The topological polar surface area (TPSA) is 67.4 Å². The molecule has 0 rings (SSSR count). The van der Waals surface area contributed by atoms with Gasteiger partial charge in [-0.25, -0.2) is 0 Å². The van der Waals surface area contributed by atoms with Crippen LogP contribution < -0.4 is 10.6 Å². The highest BCUT2D eigenvalue weighted by atomic mass is 16.5. The molecule has 144 valence electrons. The molecule has 0 fully saturated rings. The van der Waals surface area contributed by atoms with Crippen LogP contribution in [0, 0.1) is 0 Å². The molecule has 0 radical (unpaired) electrons. The van der Waals surface area contributed by atoms with Crippen LogP contribution in [-0.2, 0) is 14.2 Å². The molecule has 0 heterocycles. The van der Waals surface area contributed by atoms with Crippen molar-refractivity contribution in [3.8, 4) is 0 Å². The van der Waals surface area contributed by atoms with E-state index in [1.165, 1.54) is 6.42 Å². The van der Waals surface area contributed by atoms with Gasteiger partial charge in [0.25, 0.3) is 0 Å². The van der Waals surface area contributed by atoms with Crippen molar-refractivity contribution in [2.75, 3.05) is 80.4 Å². The van der Waals surface area contributed by atoms with Gasteiger partial charge in [0, 0.05) is 40.4 Å². The van der Waals surface area contributed by atoms with E-state index in [0.717, 1.165) is 58.2 Å². The van der Waals surface area contributed by atoms with E-state index in [1.54, 1.807) is 14.2 Å². The summed E-state index contributed by atoms with van der Waals surface area (Å²) in [5.74, 6) is 0.817. The van der Waals surface area contributed by atoms with Gasteiger partial charge in [-0.1, -0.05) is 13.3 Å². The van der Waals surface area contributed by atoms with Crippen molar-refractivity contribution in [1.29, 1.82) is 0 Å². The van der Waals surface area contributed by atoms with Crippen LogP contribution in [0.2, 0.25) is 0 Å². The summed E-state index contributed by atoms with van der Waals surface area (Å²) in [6, 6.07) is 0. The molecule has 0 aromatic carbocycles. The molecule has 0 aliphatic carbocycles. The molecule has 0 saturated heterocycles. The number of hydrogen-bond donors (Lipinski definition) is 2. The Morgan fingerprint density at radius 3 is 2.29 bits per heavy atom. The maximum Gasteiger partial charge on any atom is 0.191 e. The maximum absolute atomic E-state index is 5.51. The Labute approximate surface area is 148 Å². The third-order valence-corrected chi connectivity index (χ3v) is 3.46. The van der Waals surface area contributed by atoms with E-state index < -0.39 is 0 Å². The Balaban J connectivity index is 3.44. The number of nitrogens with one attached hydrogen (secondary N) is 2. The van der Waals surface area contributed by atoms with Gasteiger partial charge in [-0.15, -0.1) is 0 Å². The second-order valence-corrected chi connectivity index (χ2v) is 5.65. The summed E-state index contributed by atoms with van der Waals surface area (Å²) in [6.07, 6.45) is 3.35. The standard InChI is InChI=1S/C17H38N4O3/c1-5-6-12-23-15-16-24-13-9-20-17(18-2)19-8-7-10-21(3)11-14-22-4/h5-16H2,1-4H3,(H2,18,19,20). The Bertz CT molecular complexity index is 291. The second kappa shape index (κ2) is 18.4. The third kappa shape index (κ3) is 16.0. The molecule has 0 amide bonds. The van der Waals surface area contributed by atoms with Gasteiger partial charge < -0.3 is 29.7 Å². The van der Waals surface area contributed by atoms with Crippen LogP contribution in [0.15, 0.2) is 4.99 Å². The fourth-order valence-electron chi connectivity index (χ4n) is 1.95. The zero-order valence-corrected chi connectivity index (χ0v) is 16.1. The van der Waals surface area contributed by atoms with Gasteiger partial charge in [-0.3, -0.25) is 4.99 Å². The highest BCUT2D eigenvalue weighted by molar-refractivity contribution is 5.79. The van der Waals surface area contributed by atoms with Crippen molar-refractivity contribution in [3.63, 3.8) is 0 Å². The molecule has 7 heteroatoms. The van der Waals surface area contributed by atoms with E-state index >= 15 is 0 Å². The number of hydrogen-bond acceptors (Lipinski definition) is 5. The fraction of sp³-hybridized carbons (Fsp3) is 0.941. The van der Waals surface area contributed by atoms with Crippen LogP contribution in [0.1, 0.15) is 26.2 Å². The minimum atomic E-state index is 0.644. The molecule has 0 saturated carbocycles. The molecule has 0 aliphatic rings. The summed E-state index contributed by atoms with van der Waals surface area (Å²) in [5.41, 5.74) is 0. The number of rotatable bonds is 16. The number of guanidine groups is 1. The van der Waals surface area contributed by atoms with Crippen molar-refractivity contribution in [2.24, 2.45) is 4.99 Å². The molecule has 0 aromatic heterocycles. The number of methoxy groups -OCH3 is 1. The molecule has 0 bridgehead atoms. The molecule has 0 aromatic rings. The van der Waals surface area contributed by atoms with Crippen molar-refractivity contribution < 1.29 is 14.2 Å². The lowest BCUT2D eigenvalue weighted by atomic mass is 10.4. The van der Waals surface area contributed by atoms with Gasteiger partial charge >= 0.3 is 0 Å². The molecule has 24 heavy (non-hydrogen) atoms. The predicted molar refractivity (Wildman–Crippen MR) is 99.9 cm³/mol. The fourth-order valence-corrected chi connectivity index (χ4v) is 1.95. The zero-order valence-electron chi connectivity index (χ0n) is 16.1. The van der Waals surface area contributed by atoms with E-state index in [2.05, 4.69) is 34.5 Å². The summed E-state index contributed by atoms with van der Waals surface area (Å²) < 4.78 is 16.0. The van der Waals surface area contributed by atoms with E-state index in [4.69, 9.17) is 14.2 Å². The first kappa shape index (κ1) is 23.1. The monoisotopic (exact) mass is 346 g/mol. The molecular weight excluding hydrogens is 308 g/mol. The minimum Gasteiger partial charge on any atom is -0.383 e. The molecule has 7 nitrogen and oxygen atoms in total. The third-order valence-electron chi connectivity index (χ3n) is 3.46. The summed E-state index contributed by atoms with van der Waals surface area (Å²) in [7, 11) is 5.62. The van der Waals surface area contributed by atoms with Gasteiger partial charge in [0.15, 0.2) is 5.96 Å². The quantitative estimate of drug-likeness (QED) is 0.246. The first-order valence-corrected chi connectivity index (χ1v) is 9.02. The first-order chi connectivity index (χ1) is 11.7. The Hall–Kier alpha value is -0.890. The van der Waals surface area contributed by atoms with E-state index in [1.807, 2.05) is 0 Å². The van der Waals surface area contributed by atoms with E-state index in [-0.39, 0.29) is 0 Å². The summed E-state index contributed by atoms with van der Waals surface area (Å²) in [6.45, 7) is 9.35. The largest absolute Gasteiger partial charge is 0.383 e. The lowest BCUT2D eigenvalue weighted by molar-refractivity contribution is 0.0487. The van der Waals surface area contributed by atoms with E-state index in [0.29, 0.717) is 19.8 Å². The van der Waals surface area contributed by atoms with Crippen molar-refractivity contribution in [3.05, 3.63) is 0 Å². The summed E-state index contributed by atoms with van der Waals surface area (Å²) in [4.78, 5) is 6.46. The smallest absolute Gasteiger partial charge is 0.191 e. The van der Waals surface area contributed by atoms with Crippen LogP contribution in [0.5, 0.6) is 0 Å². The first-order valence-electron chi connectivity index (χ1n) is 9.02. The second-order valence-electron chi connectivity index (χ2n) is 5.65. The highest BCUT2D eigenvalue weighted by Gasteiger charge is 1.99. The average Bonchev–Trinajstić information content (AvgIpc) is 2.60. The molecular formula is C17H38N4O3. The van der Waals surface area contributed by atoms with Gasteiger partial charge in [-0.2, -0.15) is 0 Å². The number of nitrogens with zero attached hydrogens (tertiary/aromatic N) is 2. The Morgan fingerprint density at radius 2 is 1.62 bits per heavy atom. The average molecular weight is 347 g/mol. The number of aliphatic imine (C=N–C) groups is 1. The lowest BCUT2D eigenvalue weighted by Gasteiger charge is -2.17. The summed E-state index contributed by atoms with van der Waals surface area (Å²) >= 11 is 0. The Morgan fingerprint density at radius 1 is 0.917 bits per heavy atom. The zero-order chi connectivity index (χ0) is 17.9. The van der Waals surface area contributed by atoms with Crippen LogP contribution >= 0.6 is 0 Å². The number of ether oxygens (including phenoxy) is 3. The molecule has 0 spiro atoms. The summed E-state index contributed by atoms with van der Waals surface area (Å²) in [5, 5.41) is 6.55. The van der Waals surface area contributed by atoms with Gasteiger partial charge in [0.05, 0.1) is 26.4 Å². The molecule has 0 aliphatic heterocycles. The van der Waals surface area contributed by atoms with Crippen LogP contribution in [0.25, 0.3) is 0 Å². The minimum absolute atomic E-state index is 0.644. The van der Waals surface area contributed by atoms with Crippen molar-refractivity contribution in [2.45, 2.75) is 26.2 Å². The predicted octanol–water partition coefficient (Wildman–Crippen LogP) is 0.953. The number of unbranched alkanes of at least 4 members (excludes halogenated alkanes) is 1.